The van der Waals surface area contributed by atoms with Gasteiger partial charge in [-0.3, -0.25) is 9.48 Å². The summed E-state index contributed by atoms with van der Waals surface area (Å²) in [5.74, 6) is -0.426. The number of morpholine rings is 1. The lowest BCUT2D eigenvalue weighted by Gasteiger charge is -2.36. The lowest BCUT2D eigenvalue weighted by atomic mass is 10.0. The Labute approximate surface area is 168 Å². The van der Waals surface area contributed by atoms with Crippen LogP contribution in [0.3, 0.4) is 0 Å². The van der Waals surface area contributed by atoms with E-state index >= 15 is 0 Å². The number of amides is 1. The summed E-state index contributed by atoms with van der Waals surface area (Å²) in [7, 11) is 1.80. The minimum Gasteiger partial charge on any atom is -0.377 e. The van der Waals surface area contributed by atoms with E-state index in [0.29, 0.717) is 36.7 Å². The number of aromatic nitrogens is 4. The lowest BCUT2D eigenvalue weighted by Crippen LogP contribution is -2.44. The number of hydrogen-bond acceptors (Lipinski definition) is 4. The van der Waals surface area contributed by atoms with Crippen LogP contribution in [0.2, 0.25) is 0 Å². The minimum atomic E-state index is -0.344. The van der Waals surface area contributed by atoms with Gasteiger partial charge >= 0.3 is 0 Å². The van der Waals surface area contributed by atoms with Crippen molar-refractivity contribution in [1.29, 1.82) is 0 Å². The monoisotopic (exact) mass is 397 g/mol. The second-order valence-electron chi connectivity index (χ2n) is 7.34. The minimum absolute atomic E-state index is 0.0821. The number of benzene rings is 1. The summed E-state index contributed by atoms with van der Waals surface area (Å²) in [5, 5.41) is 8.86. The third-order valence-electron chi connectivity index (χ3n) is 5.39. The number of carbonyl (C=O) groups is 1. The summed E-state index contributed by atoms with van der Waals surface area (Å²) in [6.07, 6.45) is 1.74. The molecule has 152 valence electrons. The van der Waals surface area contributed by atoms with Gasteiger partial charge in [0.1, 0.15) is 11.5 Å². The van der Waals surface area contributed by atoms with Gasteiger partial charge in [-0.2, -0.15) is 10.2 Å². The molecular formula is C21H24FN5O2. The van der Waals surface area contributed by atoms with Gasteiger partial charge < -0.3 is 9.64 Å². The summed E-state index contributed by atoms with van der Waals surface area (Å²) in [6.45, 7) is 6.92. The van der Waals surface area contributed by atoms with Gasteiger partial charge in [0.2, 0.25) is 0 Å². The van der Waals surface area contributed by atoms with Gasteiger partial charge in [0, 0.05) is 31.0 Å². The summed E-state index contributed by atoms with van der Waals surface area (Å²) in [6, 6.07) is 6.24. The van der Waals surface area contributed by atoms with Crippen molar-refractivity contribution in [1.82, 2.24) is 24.5 Å². The van der Waals surface area contributed by atoms with Crippen molar-refractivity contribution >= 4 is 5.91 Å². The number of aryl methyl sites for hydroxylation is 3. The van der Waals surface area contributed by atoms with Crippen molar-refractivity contribution in [2.24, 2.45) is 7.05 Å². The Morgan fingerprint density at radius 3 is 2.62 bits per heavy atom. The van der Waals surface area contributed by atoms with Crippen LogP contribution in [-0.2, 0) is 11.8 Å². The first-order chi connectivity index (χ1) is 13.9. The van der Waals surface area contributed by atoms with E-state index in [2.05, 4.69) is 10.2 Å². The number of carbonyl (C=O) groups excluding carboxylic acids is 1. The van der Waals surface area contributed by atoms with Gasteiger partial charge in [-0.25, -0.2) is 9.07 Å². The highest BCUT2D eigenvalue weighted by molar-refractivity contribution is 5.95. The van der Waals surface area contributed by atoms with Gasteiger partial charge in [0.05, 0.1) is 36.2 Å². The maximum absolute atomic E-state index is 14.4. The van der Waals surface area contributed by atoms with E-state index in [0.717, 1.165) is 17.0 Å². The largest absolute Gasteiger partial charge is 0.377 e. The van der Waals surface area contributed by atoms with Gasteiger partial charge in [-0.05, 0) is 32.9 Å². The van der Waals surface area contributed by atoms with E-state index < -0.39 is 0 Å². The summed E-state index contributed by atoms with van der Waals surface area (Å²) >= 11 is 0. The molecule has 1 aliphatic heterocycles. The molecule has 0 spiro atoms. The molecule has 0 N–H and O–H groups in total. The third-order valence-corrected chi connectivity index (χ3v) is 5.39. The zero-order valence-electron chi connectivity index (χ0n) is 17.0. The Morgan fingerprint density at radius 2 is 1.93 bits per heavy atom. The average molecular weight is 397 g/mol. The number of halogens is 1. The van der Waals surface area contributed by atoms with Crippen molar-refractivity contribution in [2.75, 3.05) is 19.8 Å². The first-order valence-corrected chi connectivity index (χ1v) is 9.58. The Kier molecular flexibility index (Phi) is 4.96. The van der Waals surface area contributed by atoms with E-state index in [1.165, 1.54) is 6.07 Å². The van der Waals surface area contributed by atoms with Gasteiger partial charge in [0.25, 0.3) is 5.91 Å². The smallest absolute Gasteiger partial charge is 0.257 e. The highest BCUT2D eigenvalue weighted by Crippen LogP contribution is 2.32. The molecule has 0 radical (unpaired) electrons. The van der Waals surface area contributed by atoms with Crippen molar-refractivity contribution in [3.63, 3.8) is 0 Å². The number of rotatable bonds is 3. The van der Waals surface area contributed by atoms with Crippen LogP contribution in [0.4, 0.5) is 4.39 Å². The molecule has 2 aromatic heterocycles. The molecule has 3 aromatic rings. The first kappa shape index (κ1) is 19.3. The van der Waals surface area contributed by atoms with Gasteiger partial charge in [0.15, 0.2) is 0 Å². The Bertz CT molecular complexity index is 1070. The molecule has 8 heteroatoms. The molecule has 1 unspecified atom stereocenters. The number of hydrogen-bond donors (Lipinski definition) is 0. The van der Waals surface area contributed by atoms with Crippen LogP contribution in [0, 0.1) is 26.6 Å². The van der Waals surface area contributed by atoms with Crippen LogP contribution in [0.25, 0.3) is 5.69 Å². The zero-order valence-corrected chi connectivity index (χ0v) is 17.0. The highest BCUT2D eigenvalue weighted by atomic mass is 19.1. The van der Waals surface area contributed by atoms with Crippen LogP contribution in [0.5, 0.6) is 0 Å². The molecule has 7 nitrogen and oxygen atoms in total. The van der Waals surface area contributed by atoms with Gasteiger partial charge in [-0.1, -0.05) is 12.1 Å². The van der Waals surface area contributed by atoms with Gasteiger partial charge in [-0.15, -0.1) is 0 Å². The van der Waals surface area contributed by atoms with Crippen molar-refractivity contribution in [3.8, 4) is 5.69 Å². The van der Waals surface area contributed by atoms with Crippen LogP contribution < -0.4 is 0 Å². The fraction of sp³-hybridized carbons (Fsp3) is 0.381. The molecule has 1 saturated heterocycles. The van der Waals surface area contributed by atoms with Crippen molar-refractivity contribution < 1.29 is 13.9 Å². The molecule has 1 aromatic carbocycles. The van der Waals surface area contributed by atoms with Crippen LogP contribution in [-0.4, -0.2) is 50.1 Å². The lowest BCUT2D eigenvalue weighted by molar-refractivity contribution is -0.00308. The second-order valence-corrected chi connectivity index (χ2v) is 7.34. The predicted molar refractivity (Wildman–Crippen MR) is 106 cm³/mol. The van der Waals surface area contributed by atoms with Crippen molar-refractivity contribution in [2.45, 2.75) is 26.8 Å². The quantitative estimate of drug-likeness (QED) is 0.682. The Hall–Kier alpha value is -3.00. The SMILES string of the molecule is Cc1nn(C)cc1C(=O)N1CCOCC1c1c(C)nn(-c2ccccc2F)c1C. The summed E-state index contributed by atoms with van der Waals surface area (Å²) in [4.78, 5) is 15.1. The molecule has 1 amide bonds. The number of nitrogens with zero attached hydrogens (tertiary/aromatic N) is 5. The van der Waals surface area contributed by atoms with E-state index in [9.17, 15) is 9.18 Å². The van der Waals surface area contributed by atoms with E-state index in [4.69, 9.17) is 4.74 Å². The molecular weight excluding hydrogens is 373 g/mol. The van der Waals surface area contributed by atoms with E-state index in [-0.39, 0.29) is 17.8 Å². The predicted octanol–water partition coefficient (Wildman–Crippen LogP) is 2.88. The molecule has 1 atom stereocenters. The molecule has 0 bridgehead atoms. The Morgan fingerprint density at radius 1 is 1.17 bits per heavy atom. The topological polar surface area (TPSA) is 65.2 Å². The molecule has 0 saturated carbocycles. The fourth-order valence-electron chi connectivity index (χ4n) is 4.05. The molecule has 1 fully saturated rings. The van der Waals surface area contributed by atoms with Crippen molar-refractivity contribution in [3.05, 3.63) is 64.5 Å². The zero-order chi connectivity index (χ0) is 20.7. The third kappa shape index (κ3) is 3.33. The van der Waals surface area contributed by atoms with Crippen LogP contribution in [0.1, 0.15) is 39.0 Å². The van der Waals surface area contributed by atoms with Crippen LogP contribution >= 0.6 is 0 Å². The molecule has 0 aliphatic carbocycles. The number of ether oxygens (including phenoxy) is 1. The first-order valence-electron chi connectivity index (χ1n) is 9.58. The molecule has 1 aliphatic rings. The normalized spacial score (nSPS) is 17.0. The summed E-state index contributed by atoms with van der Waals surface area (Å²) in [5.41, 5.74) is 4.10. The molecule has 29 heavy (non-hydrogen) atoms. The molecule has 4 rings (SSSR count). The summed E-state index contributed by atoms with van der Waals surface area (Å²) < 4.78 is 23.3. The number of para-hydroxylation sites is 1. The van der Waals surface area contributed by atoms with E-state index in [1.54, 1.807) is 40.8 Å². The maximum atomic E-state index is 14.4. The molecule has 3 heterocycles. The maximum Gasteiger partial charge on any atom is 0.257 e. The second kappa shape index (κ2) is 7.44. The van der Waals surface area contributed by atoms with E-state index in [1.807, 2.05) is 25.7 Å². The standard InChI is InChI=1S/C21H24FN5O2/c1-13-16(11-25(4)23-13)21(28)26-9-10-29-12-19(26)20-14(2)24-27(15(20)3)18-8-6-5-7-17(18)22/h5-8,11,19H,9-10,12H2,1-4H3. The average Bonchev–Trinajstić information content (AvgIpc) is 3.19. The Balaban J connectivity index is 1.75. The fourth-order valence-corrected chi connectivity index (χ4v) is 4.05. The highest BCUT2D eigenvalue weighted by Gasteiger charge is 2.34. The van der Waals surface area contributed by atoms with Crippen LogP contribution in [0.15, 0.2) is 30.5 Å².